The molecule has 2 aromatic carbocycles. The molecule has 2 unspecified atom stereocenters. The summed E-state index contributed by atoms with van der Waals surface area (Å²) in [6.45, 7) is 2.11. The molecule has 0 bridgehead atoms. The highest BCUT2D eigenvalue weighted by Crippen LogP contribution is 2.51. The van der Waals surface area contributed by atoms with E-state index in [-0.39, 0.29) is 23.5 Å². The molecule has 0 radical (unpaired) electrons. The number of benzene rings is 2. The fourth-order valence-corrected chi connectivity index (χ4v) is 3.61. The zero-order valence-electron chi connectivity index (χ0n) is 14.5. The van der Waals surface area contributed by atoms with Gasteiger partial charge in [-0.3, -0.25) is 4.79 Å². The summed E-state index contributed by atoms with van der Waals surface area (Å²) in [5.41, 5.74) is 3.96. The van der Waals surface area contributed by atoms with Crippen LogP contribution in [0.5, 0.6) is 5.75 Å². The lowest BCUT2D eigenvalue weighted by molar-refractivity contribution is -0.274. The van der Waals surface area contributed by atoms with Crippen LogP contribution in [0.3, 0.4) is 0 Å². The first-order valence-electron chi connectivity index (χ1n) is 8.84. The van der Waals surface area contributed by atoms with Crippen LogP contribution in [-0.2, 0) is 24.4 Å². The van der Waals surface area contributed by atoms with Crippen LogP contribution < -0.4 is 15.4 Å². The number of hydrogen-bond donors (Lipinski definition) is 2. The Kier molecular flexibility index (Phi) is 4.55. The first-order chi connectivity index (χ1) is 12.9. The van der Waals surface area contributed by atoms with Gasteiger partial charge in [-0.2, -0.15) is 0 Å². The number of alkyl halides is 3. The number of amides is 1. The lowest BCUT2D eigenvalue weighted by Crippen LogP contribution is -2.25. The van der Waals surface area contributed by atoms with Crippen molar-refractivity contribution in [1.82, 2.24) is 10.6 Å². The van der Waals surface area contributed by atoms with Crippen LogP contribution in [0.25, 0.3) is 0 Å². The Balaban J connectivity index is 1.37. The molecule has 27 heavy (non-hydrogen) atoms. The number of carbonyl (C=O) groups is 1. The van der Waals surface area contributed by atoms with Crippen LogP contribution >= 0.6 is 0 Å². The van der Waals surface area contributed by atoms with E-state index in [2.05, 4.69) is 27.5 Å². The summed E-state index contributed by atoms with van der Waals surface area (Å²) in [4.78, 5) is 12.4. The van der Waals surface area contributed by atoms with Gasteiger partial charge in [-0.1, -0.05) is 36.4 Å². The molecule has 142 valence electrons. The van der Waals surface area contributed by atoms with Gasteiger partial charge in [0.05, 0.1) is 0 Å². The molecular formula is C20H19F3N2O2. The maximum Gasteiger partial charge on any atom is 0.573 e. The van der Waals surface area contributed by atoms with Gasteiger partial charge in [0.1, 0.15) is 5.75 Å². The van der Waals surface area contributed by atoms with E-state index in [1.54, 1.807) is 12.1 Å². The fraction of sp³-hybridized carbons (Fsp3) is 0.350. The molecule has 2 N–H and O–H groups in total. The minimum atomic E-state index is -4.74. The van der Waals surface area contributed by atoms with E-state index in [1.807, 2.05) is 6.07 Å². The Hall–Kier alpha value is -2.54. The van der Waals surface area contributed by atoms with Gasteiger partial charge in [0.25, 0.3) is 0 Å². The maximum atomic E-state index is 12.6. The first-order valence-corrected chi connectivity index (χ1v) is 8.84. The third-order valence-electron chi connectivity index (χ3n) is 5.04. The third kappa shape index (κ3) is 4.08. The predicted molar refractivity (Wildman–Crippen MR) is 92.8 cm³/mol. The number of ether oxygens (including phenoxy) is 1. The van der Waals surface area contributed by atoms with E-state index in [9.17, 15) is 18.0 Å². The van der Waals surface area contributed by atoms with Gasteiger partial charge in [0.2, 0.25) is 5.91 Å². The maximum absolute atomic E-state index is 12.6. The lowest BCUT2D eigenvalue weighted by atomic mass is 10.1. The van der Waals surface area contributed by atoms with Gasteiger partial charge in [0, 0.05) is 25.6 Å². The molecule has 1 fully saturated rings. The van der Waals surface area contributed by atoms with E-state index < -0.39 is 6.36 Å². The van der Waals surface area contributed by atoms with Gasteiger partial charge in [-0.15, -0.1) is 13.2 Å². The van der Waals surface area contributed by atoms with E-state index in [0.29, 0.717) is 18.5 Å². The monoisotopic (exact) mass is 376 g/mol. The first kappa shape index (κ1) is 17.9. The van der Waals surface area contributed by atoms with Crippen LogP contribution in [0.1, 0.15) is 34.6 Å². The number of hydrogen-bond acceptors (Lipinski definition) is 3. The molecular weight excluding hydrogens is 357 g/mol. The van der Waals surface area contributed by atoms with Crippen molar-refractivity contribution in [2.45, 2.75) is 38.3 Å². The molecule has 1 heterocycles. The Morgan fingerprint density at radius 3 is 2.74 bits per heavy atom. The molecule has 1 aliphatic heterocycles. The second-order valence-corrected chi connectivity index (χ2v) is 6.96. The van der Waals surface area contributed by atoms with Crippen LogP contribution in [0.4, 0.5) is 13.2 Å². The highest BCUT2D eigenvalue weighted by atomic mass is 19.4. The fourth-order valence-electron chi connectivity index (χ4n) is 3.61. The lowest BCUT2D eigenvalue weighted by Gasteiger charge is -2.13. The number of para-hydroxylation sites is 1. The zero-order chi connectivity index (χ0) is 19.0. The normalized spacial score (nSPS) is 20.9. The number of carbonyl (C=O) groups excluding carboxylic acids is 1. The predicted octanol–water partition coefficient (Wildman–Crippen LogP) is 3.61. The van der Waals surface area contributed by atoms with E-state index in [0.717, 1.165) is 18.7 Å². The molecule has 0 spiro atoms. The second-order valence-electron chi connectivity index (χ2n) is 6.96. The Morgan fingerprint density at radius 2 is 1.93 bits per heavy atom. The molecule has 7 heteroatoms. The highest BCUT2D eigenvalue weighted by Gasteiger charge is 2.46. The molecule has 0 saturated heterocycles. The Bertz CT molecular complexity index is 867. The summed E-state index contributed by atoms with van der Waals surface area (Å²) in [7, 11) is 0. The van der Waals surface area contributed by atoms with Crippen molar-refractivity contribution in [2.75, 3.05) is 0 Å². The molecule has 0 aromatic heterocycles. The average molecular weight is 376 g/mol. The third-order valence-corrected chi connectivity index (χ3v) is 5.04. The molecule has 1 amide bonds. The summed E-state index contributed by atoms with van der Waals surface area (Å²) >= 11 is 0. The largest absolute Gasteiger partial charge is 0.573 e. The summed E-state index contributed by atoms with van der Waals surface area (Å²) in [5, 5.41) is 6.17. The van der Waals surface area contributed by atoms with E-state index in [4.69, 9.17) is 0 Å². The van der Waals surface area contributed by atoms with Gasteiger partial charge >= 0.3 is 6.36 Å². The van der Waals surface area contributed by atoms with Crippen molar-refractivity contribution in [2.24, 2.45) is 5.92 Å². The second kappa shape index (κ2) is 6.88. The zero-order valence-corrected chi connectivity index (χ0v) is 14.5. The van der Waals surface area contributed by atoms with Gasteiger partial charge in [0.15, 0.2) is 0 Å². The van der Waals surface area contributed by atoms with Gasteiger partial charge in [-0.05, 0) is 40.7 Å². The quantitative estimate of drug-likeness (QED) is 0.838. The van der Waals surface area contributed by atoms with Crippen molar-refractivity contribution in [1.29, 1.82) is 0 Å². The van der Waals surface area contributed by atoms with Crippen molar-refractivity contribution < 1.29 is 22.7 Å². The summed E-state index contributed by atoms with van der Waals surface area (Å²) in [6, 6.07) is 12.1. The summed E-state index contributed by atoms with van der Waals surface area (Å²) < 4.78 is 41.8. The highest BCUT2D eigenvalue weighted by molar-refractivity contribution is 5.83. The number of halogens is 3. The topological polar surface area (TPSA) is 50.4 Å². The smallest absolute Gasteiger partial charge is 0.405 e. The summed E-state index contributed by atoms with van der Waals surface area (Å²) in [5.74, 6) is -0.927. The van der Waals surface area contributed by atoms with Crippen LogP contribution in [0, 0.1) is 5.92 Å². The van der Waals surface area contributed by atoms with Gasteiger partial charge in [-0.25, -0.2) is 0 Å². The molecule has 1 saturated carbocycles. The number of nitrogens with one attached hydrogen (secondary N) is 2. The van der Waals surface area contributed by atoms with Crippen molar-refractivity contribution >= 4 is 5.91 Å². The molecule has 2 aromatic rings. The SMILES string of the molecule is O=C(NCc1ccc2c(c1)CNC2)C1CC1c1ccccc1OC(F)(F)F. The number of fused-ring (bicyclic) bond motifs is 1. The molecule has 2 atom stereocenters. The minimum absolute atomic E-state index is 0.138. The Labute approximate surface area is 154 Å². The molecule has 4 rings (SSSR count). The summed E-state index contributed by atoms with van der Waals surface area (Å²) in [6.07, 6.45) is -4.22. The van der Waals surface area contributed by atoms with Crippen molar-refractivity contribution in [3.05, 3.63) is 64.7 Å². The molecule has 2 aliphatic rings. The average Bonchev–Trinajstić information content (AvgIpc) is 3.28. The van der Waals surface area contributed by atoms with Crippen LogP contribution in [-0.4, -0.2) is 12.3 Å². The van der Waals surface area contributed by atoms with Crippen LogP contribution in [0.2, 0.25) is 0 Å². The standard InChI is InChI=1S/C20H19F3N2O2/c21-20(22,23)27-18-4-2-1-3-15(18)16-8-17(16)19(26)25-9-12-5-6-13-10-24-11-14(13)7-12/h1-7,16-17,24H,8-11H2,(H,25,26). The van der Waals surface area contributed by atoms with E-state index >= 15 is 0 Å². The minimum Gasteiger partial charge on any atom is -0.405 e. The van der Waals surface area contributed by atoms with Crippen molar-refractivity contribution in [3.63, 3.8) is 0 Å². The van der Waals surface area contributed by atoms with Gasteiger partial charge < -0.3 is 15.4 Å². The van der Waals surface area contributed by atoms with Crippen LogP contribution in [0.15, 0.2) is 42.5 Å². The van der Waals surface area contributed by atoms with E-state index in [1.165, 1.54) is 23.3 Å². The molecule has 4 nitrogen and oxygen atoms in total. The van der Waals surface area contributed by atoms with Crippen molar-refractivity contribution in [3.8, 4) is 5.75 Å². The number of rotatable bonds is 5. The molecule has 1 aliphatic carbocycles. The Morgan fingerprint density at radius 1 is 1.15 bits per heavy atom.